The minimum atomic E-state index is -0.00796. The zero-order valence-electron chi connectivity index (χ0n) is 8.72. The monoisotopic (exact) mass is 376 g/mol. The van der Waals surface area contributed by atoms with Crippen LogP contribution in [0.5, 0.6) is 0 Å². The lowest BCUT2D eigenvalue weighted by Gasteiger charge is -2.03. The molecule has 3 nitrogen and oxygen atoms in total. The first-order valence-electron chi connectivity index (χ1n) is 4.82. The van der Waals surface area contributed by atoms with Gasteiger partial charge in [-0.1, -0.05) is 11.8 Å². The number of amides is 1. The van der Waals surface area contributed by atoms with Crippen LogP contribution in [-0.2, 0) is 4.79 Å². The van der Waals surface area contributed by atoms with Crippen molar-refractivity contribution in [3.8, 4) is 0 Å². The van der Waals surface area contributed by atoms with Crippen LogP contribution in [0.1, 0.15) is 0 Å². The zero-order chi connectivity index (χ0) is 12.1. The number of halogens is 1. The first-order chi connectivity index (χ1) is 8.24. The second-order valence-corrected chi connectivity index (χ2v) is 6.50. The van der Waals surface area contributed by atoms with Crippen molar-refractivity contribution >= 4 is 57.3 Å². The maximum absolute atomic E-state index is 11.6. The molecule has 88 valence electrons. The first kappa shape index (κ1) is 12.8. The quantitative estimate of drug-likeness (QED) is 0.656. The first-order valence-corrected chi connectivity index (χ1v) is 7.76. The van der Waals surface area contributed by atoms with E-state index in [0.29, 0.717) is 5.75 Å². The molecule has 0 unspecified atom stereocenters. The number of anilines is 1. The number of hydrogen-bond donors (Lipinski definition) is 1. The number of hydrogen-bond acceptors (Lipinski definition) is 4. The summed E-state index contributed by atoms with van der Waals surface area (Å²) >= 11 is 5.23. The summed E-state index contributed by atoms with van der Waals surface area (Å²) in [5.74, 6) is 0.380. The molecule has 0 saturated heterocycles. The van der Waals surface area contributed by atoms with E-state index in [9.17, 15) is 4.79 Å². The fraction of sp³-hybridized carbons (Fsp3) is 0.0909. The molecule has 1 aromatic heterocycles. The van der Waals surface area contributed by atoms with Crippen LogP contribution in [0.4, 0.5) is 5.69 Å². The number of thioether (sulfide) groups is 1. The average Bonchev–Trinajstić information content (AvgIpc) is 2.83. The highest BCUT2D eigenvalue weighted by atomic mass is 127. The van der Waals surface area contributed by atoms with Crippen LogP contribution in [0, 0.1) is 3.57 Å². The van der Waals surface area contributed by atoms with Gasteiger partial charge in [-0.3, -0.25) is 4.79 Å². The lowest BCUT2D eigenvalue weighted by molar-refractivity contribution is -0.113. The van der Waals surface area contributed by atoms with Gasteiger partial charge >= 0.3 is 0 Å². The van der Waals surface area contributed by atoms with E-state index in [4.69, 9.17) is 0 Å². The summed E-state index contributed by atoms with van der Waals surface area (Å²) < 4.78 is 2.07. The molecule has 0 radical (unpaired) electrons. The van der Waals surface area contributed by atoms with Gasteiger partial charge in [0, 0.05) is 20.8 Å². The van der Waals surface area contributed by atoms with Gasteiger partial charge in [0.1, 0.15) is 4.34 Å². The number of carbonyl (C=O) groups is 1. The van der Waals surface area contributed by atoms with Crippen molar-refractivity contribution in [3.05, 3.63) is 39.4 Å². The normalized spacial score (nSPS) is 10.2. The molecule has 0 fully saturated rings. The number of aromatic nitrogens is 1. The fourth-order valence-corrected chi connectivity index (χ4v) is 2.94. The van der Waals surface area contributed by atoms with E-state index in [-0.39, 0.29) is 5.91 Å². The Labute approximate surface area is 121 Å². The minimum Gasteiger partial charge on any atom is -0.325 e. The number of thiazole rings is 1. The van der Waals surface area contributed by atoms with Gasteiger partial charge in [0.05, 0.1) is 5.75 Å². The Hall–Kier alpha value is -0.600. The van der Waals surface area contributed by atoms with E-state index in [2.05, 4.69) is 32.9 Å². The molecule has 2 aromatic rings. The van der Waals surface area contributed by atoms with E-state index in [0.717, 1.165) is 13.6 Å². The Bertz CT molecular complexity index is 485. The van der Waals surface area contributed by atoms with E-state index >= 15 is 0 Å². The van der Waals surface area contributed by atoms with Crippen molar-refractivity contribution < 1.29 is 4.79 Å². The molecule has 0 spiro atoms. The Morgan fingerprint density at radius 1 is 1.41 bits per heavy atom. The van der Waals surface area contributed by atoms with Crippen molar-refractivity contribution in [1.82, 2.24) is 4.98 Å². The third-order valence-electron chi connectivity index (χ3n) is 1.86. The molecule has 0 aliphatic carbocycles. The van der Waals surface area contributed by atoms with Gasteiger partial charge in [-0.2, -0.15) is 0 Å². The Kier molecular flexibility index (Phi) is 4.81. The van der Waals surface area contributed by atoms with Crippen LogP contribution in [0.2, 0.25) is 0 Å². The van der Waals surface area contributed by atoms with Crippen molar-refractivity contribution in [2.24, 2.45) is 0 Å². The van der Waals surface area contributed by atoms with Gasteiger partial charge < -0.3 is 5.32 Å². The number of benzene rings is 1. The Morgan fingerprint density at radius 3 is 2.82 bits per heavy atom. The van der Waals surface area contributed by atoms with Crippen molar-refractivity contribution in [2.45, 2.75) is 4.34 Å². The van der Waals surface area contributed by atoms with Gasteiger partial charge in [-0.15, -0.1) is 11.3 Å². The molecular weight excluding hydrogens is 367 g/mol. The highest BCUT2D eigenvalue weighted by Gasteiger charge is 2.04. The second kappa shape index (κ2) is 6.36. The Morgan fingerprint density at radius 2 is 2.18 bits per heavy atom. The number of nitrogens with one attached hydrogen (secondary N) is 1. The van der Waals surface area contributed by atoms with Gasteiger partial charge in [0.15, 0.2) is 0 Å². The summed E-state index contributed by atoms with van der Waals surface area (Å²) in [5, 5.41) is 4.75. The molecule has 0 aliphatic heterocycles. The van der Waals surface area contributed by atoms with Crippen LogP contribution in [0.3, 0.4) is 0 Å². The summed E-state index contributed by atoms with van der Waals surface area (Å²) in [7, 11) is 0. The molecule has 1 aromatic carbocycles. The van der Waals surface area contributed by atoms with Gasteiger partial charge in [-0.25, -0.2) is 4.98 Å². The van der Waals surface area contributed by atoms with Crippen molar-refractivity contribution in [2.75, 3.05) is 11.1 Å². The van der Waals surface area contributed by atoms with Crippen LogP contribution < -0.4 is 5.32 Å². The Balaban J connectivity index is 1.83. The predicted octanol–water partition coefficient (Wildman–Crippen LogP) is 3.48. The van der Waals surface area contributed by atoms with Crippen LogP contribution in [-0.4, -0.2) is 16.6 Å². The minimum absolute atomic E-state index is 0.00796. The van der Waals surface area contributed by atoms with Crippen molar-refractivity contribution in [3.63, 3.8) is 0 Å². The maximum Gasteiger partial charge on any atom is 0.234 e. The van der Waals surface area contributed by atoms with E-state index in [1.54, 1.807) is 17.5 Å². The molecule has 0 aliphatic rings. The topological polar surface area (TPSA) is 42.0 Å². The third-order valence-corrected chi connectivity index (χ3v) is 4.55. The van der Waals surface area contributed by atoms with E-state index in [1.807, 2.05) is 29.6 Å². The fourth-order valence-electron chi connectivity index (χ4n) is 1.14. The molecule has 0 saturated carbocycles. The highest BCUT2D eigenvalue weighted by molar-refractivity contribution is 14.1. The summed E-state index contributed by atoms with van der Waals surface area (Å²) in [6.45, 7) is 0. The largest absolute Gasteiger partial charge is 0.325 e. The van der Waals surface area contributed by atoms with Crippen LogP contribution in [0.15, 0.2) is 40.2 Å². The number of carbonyl (C=O) groups excluding carboxylic acids is 1. The van der Waals surface area contributed by atoms with Gasteiger partial charge in [0.25, 0.3) is 0 Å². The molecule has 2 rings (SSSR count). The molecule has 1 heterocycles. The molecule has 6 heteroatoms. The standard InChI is InChI=1S/C11H9IN2OS2/c12-8-1-3-9(4-2-8)14-10(15)7-17-11-13-5-6-16-11/h1-6H,7H2,(H,14,15). The number of nitrogens with zero attached hydrogens (tertiary/aromatic N) is 1. The molecule has 0 bridgehead atoms. The van der Waals surface area contributed by atoms with Crippen LogP contribution >= 0.6 is 45.7 Å². The lowest BCUT2D eigenvalue weighted by atomic mass is 10.3. The maximum atomic E-state index is 11.6. The van der Waals surface area contributed by atoms with Crippen molar-refractivity contribution in [1.29, 1.82) is 0 Å². The highest BCUT2D eigenvalue weighted by Crippen LogP contribution is 2.20. The average molecular weight is 376 g/mol. The summed E-state index contributed by atoms with van der Waals surface area (Å²) in [4.78, 5) is 15.7. The zero-order valence-corrected chi connectivity index (χ0v) is 12.5. The van der Waals surface area contributed by atoms with Crippen LogP contribution in [0.25, 0.3) is 0 Å². The summed E-state index contributed by atoms with van der Waals surface area (Å²) in [6, 6.07) is 7.72. The molecular formula is C11H9IN2OS2. The second-order valence-electron chi connectivity index (χ2n) is 3.14. The molecule has 17 heavy (non-hydrogen) atoms. The molecule has 1 amide bonds. The van der Waals surface area contributed by atoms with Gasteiger partial charge in [-0.05, 0) is 46.9 Å². The molecule has 1 N–H and O–H groups in total. The van der Waals surface area contributed by atoms with E-state index in [1.165, 1.54) is 11.8 Å². The smallest absolute Gasteiger partial charge is 0.234 e. The van der Waals surface area contributed by atoms with E-state index < -0.39 is 0 Å². The lowest BCUT2D eigenvalue weighted by Crippen LogP contribution is -2.13. The predicted molar refractivity (Wildman–Crippen MR) is 80.6 cm³/mol. The summed E-state index contributed by atoms with van der Waals surface area (Å²) in [6.07, 6.45) is 1.74. The number of rotatable bonds is 4. The van der Waals surface area contributed by atoms with Gasteiger partial charge in [0.2, 0.25) is 5.91 Å². The summed E-state index contributed by atoms with van der Waals surface area (Å²) in [5.41, 5.74) is 0.829. The third kappa shape index (κ3) is 4.29. The molecule has 0 atom stereocenters. The SMILES string of the molecule is O=C(CSc1nccs1)Nc1ccc(I)cc1.